The lowest BCUT2D eigenvalue weighted by Gasteiger charge is -2.36. The van der Waals surface area contributed by atoms with Gasteiger partial charge in [-0.05, 0) is 67.6 Å². The maximum atomic E-state index is 13.1. The minimum absolute atomic E-state index is 0.181. The summed E-state index contributed by atoms with van der Waals surface area (Å²) in [5.74, 6) is 1.22. The average molecular weight is 353 g/mol. The van der Waals surface area contributed by atoms with Gasteiger partial charge in [-0.3, -0.25) is 4.79 Å². The number of piperidine rings is 1. The first kappa shape index (κ1) is 16.3. The van der Waals surface area contributed by atoms with Gasteiger partial charge < -0.3 is 9.47 Å². The van der Waals surface area contributed by atoms with Crippen molar-refractivity contribution in [2.45, 2.75) is 45.2 Å². The third kappa shape index (κ3) is 3.33. The number of amides is 1. The van der Waals surface area contributed by atoms with Crippen molar-refractivity contribution in [3.63, 3.8) is 0 Å². The van der Waals surface area contributed by atoms with Crippen LogP contribution < -0.4 is 0 Å². The molecule has 1 fully saturated rings. The first-order valence-corrected chi connectivity index (χ1v) is 9.86. The van der Waals surface area contributed by atoms with E-state index in [2.05, 4.69) is 32.0 Å². The molecule has 1 aliphatic heterocycles. The van der Waals surface area contributed by atoms with Gasteiger partial charge in [0, 0.05) is 41.8 Å². The van der Waals surface area contributed by atoms with Crippen LogP contribution in [0.4, 0.5) is 0 Å². The summed E-state index contributed by atoms with van der Waals surface area (Å²) in [6.45, 7) is 3.82. The molecule has 0 aliphatic carbocycles. The first-order valence-electron chi connectivity index (χ1n) is 8.98. The Labute approximate surface area is 152 Å². The number of carbonyl (C=O) groups is 1. The van der Waals surface area contributed by atoms with E-state index in [0.717, 1.165) is 43.7 Å². The monoisotopic (exact) mass is 353 g/mol. The molecule has 1 saturated heterocycles. The van der Waals surface area contributed by atoms with Crippen molar-refractivity contribution >= 4 is 27.3 Å². The van der Waals surface area contributed by atoms with E-state index in [1.165, 1.54) is 16.5 Å². The molecule has 1 aromatic carbocycles. The molecule has 4 nitrogen and oxygen atoms in total. The number of rotatable bonds is 4. The fraction of sp³-hybridized carbons (Fsp3) is 0.400. The van der Waals surface area contributed by atoms with Crippen molar-refractivity contribution in [1.29, 1.82) is 0 Å². The van der Waals surface area contributed by atoms with Gasteiger partial charge in [0.1, 0.15) is 5.82 Å². The number of fused-ring (bicyclic) bond motifs is 1. The maximum absolute atomic E-state index is 13.1. The number of benzene rings is 1. The summed E-state index contributed by atoms with van der Waals surface area (Å²) in [6, 6.07) is 8.50. The number of likely N-dealkylation sites (tertiary alicyclic amines) is 1. The van der Waals surface area contributed by atoms with Crippen molar-refractivity contribution < 1.29 is 4.79 Å². The second-order valence-corrected chi connectivity index (χ2v) is 7.73. The van der Waals surface area contributed by atoms with Gasteiger partial charge >= 0.3 is 0 Å². The largest absolute Gasteiger partial charge is 0.336 e. The number of hydrogen-bond donors (Lipinski definition) is 0. The molecule has 2 aromatic heterocycles. The van der Waals surface area contributed by atoms with Crippen LogP contribution >= 0.6 is 11.3 Å². The molecule has 0 spiro atoms. The highest BCUT2D eigenvalue weighted by atomic mass is 32.1. The topological polar surface area (TPSA) is 38.1 Å². The van der Waals surface area contributed by atoms with Gasteiger partial charge in [-0.15, -0.1) is 11.3 Å². The van der Waals surface area contributed by atoms with Crippen LogP contribution in [-0.2, 0) is 6.54 Å². The molecule has 4 rings (SSSR count). The second kappa shape index (κ2) is 7.00. The van der Waals surface area contributed by atoms with Crippen LogP contribution in [0.15, 0.2) is 42.0 Å². The molecule has 3 aromatic rings. The maximum Gasteiger partial charge on any atom is 0.254 e. The Morgan fingerprint density at radius 3 is 3.08 bits per heavy atom. The van der Waals surface area contributed by atoms with E-state index < -0.39 is 0 Å². The zero-order valence-corrected chi connectivity index (χ0v) is 15.3. The van der Waals surface area contributed by atoms with Crippen LogP contribution in [0.5, 0.6) is 0 Å². The molecule has 3 heterocycles. The average Bonchev–Trinajstić information content (AvgIpc) is 3.27. The van der Waals surface area contributed by atoms with E-state index in [1.807, 2.05) is 31.5 Å². The van der Waals surface area contributed by atoms with Crippen LogP contribution in [0.25, 0.3) is 10.1 Å². The number of carbonyl (C=O) groups excluding carboxylic acids is 1. The van der Waals surface area contributed by atoms with E-state index >= 15 is 0 Å². The van der Waals surface area contributed by atoms with Crippen molar-refractivity contribution in [3.8, 4) is 0 Å². The van der Waals surface area contributed by atoms with E-state index in [1.54, 1.807) is 11.3 Å². The highest BCUT2D eigenvalue weighted by Crippen LogP contribution is 2.26. The molecule has 1 amide bonds. The molecule has 0 radical (unpaired) electrons. The number of aryl methyl sites for hydroxylation is 2. The van der Waals surface area contributed by atoms with Gasteiger partial charge in [0.05, 0.1) is 0 Å². The summed E-state index contributed by atoms with van der Waals surface area (Å²) in [5.41, 5.74) is 0.816. The SMILES string of the molecule is Cc1nccn1CC[C@@H]1CCCCN1C(=O)c1ccc2sccc2c1. The predicted molar refractivity (Wildman–Crippen MR) is 102 cm³/mol. The van der Waals surface area contributed by atoms with Gasteiger partial charge in [0.25, 0.3) is 5.91 Å². The van der Waals surface area contributed by atoms with Crippen molar-refractivity contribution in [3.05, 3.63) is 53.4 Å². The lowest BCUT2D eigenvalue weighted by atomic mass is 9.98. The smallest absolute Gasteiger partial charge is 0.254 e. The summed E-state index contributed by atoms with van der Waals surface area (Å²) in [4.78, 5) is 19.5. The van der Waals surface area contributed by atoms with Crippen LogP contribution in [0.3, 0.4) is 0 Å². The fourth-order valence-corrected chi connectivity index (χ4v) is 4.53. The Balaban J connectivity index is 1.51. The summed E-state index contributed by atoms with van der Waals surface area (Å²) in [6.07, 6.45) is 8.27. The molecule has 0 N–H and O–H groups in total. The summed E-state index contributed by atoms with van der Waals surface area (Å²) >= 11 is 1.72. The molecule has 5 heteroatoms. The fourth-order valence-electron chi connectivity index (χ4n) is 3.76. The van der Waals surface area contributed by atoms with Crippen LogP contribution in [0.2, 0.25) is 0 Å². The second-order valence-electron chi connectivity index (χ2n) is 6.78. The zero-order chi connectivity index (χ0) is 17.2. The van der Waals surface area contributed by atoms with E-state index in [4.69, 9.17) is 0 Å². The number of imidazole rings is 1. The van der Waals surface area contributed by atoms with Gasteiger partial charge in [-0.1, -0.05) is 0 Å². The Hall–Kier alpha value is -2.14. The molecule has 0 unspecified atom stereocenters. The number of hydrogen-bond acceptors (Lipinski definition) is 3. The lowest BCUT2D eigenvalue weighted by Crippen LogP contribution is -2.44. The lowest BCUT2D eigenvalue weighted by molar-refractivity contribution is 0.0595. The van der Waals surface area contributed by atoms with Crippen molar-refractivity contribution in [1.82, 2.24) is 14.5 Å². The molecule has 1 atom stereocenters. The van der Waals surface area contributed by atoms with E-state index in [0.29, 0.717) is 6.04 Å². The highest BCUT2D eigenvalue weighted by Gasteiger charge is 2.27. The van der Waals surface area contributed by atoms with Gasteiger partial charge in [0.2, 0.25) is 0 Å². The predicted octanol–water partition coefficient (Wildman–Crippen LogP) is 4.49. The Bertz CT molecular complexity index is 882. The third-order valence-corrected chi connectivity index (χ3v) is 6.11. The van der Waals surface area contributed by atoms with Gasteiger partial charge in [-0.2, -0.15) is 0 Å². The summed E-state index contributed by atoms with van der Waals surface area (Å²) in [7, 11) is 0. The zero-order valence-electron chi connectivity index (χ0n) is 14.5. The standard InChI is InChI=1S/C20H23N3OS/c1-15-21-9-12-22(15)11-7-18-4-2-3-10-23(18)20(24)17-5-6-19-16(14-17)8-13-25-19/h5-6,8-9,12-14,18H,2-4,7,10-11H2,1H3/t18-/m0/s1. The normalized spacial score (nSPS) is 18.0. The molecular weight excluding hydrogens is 330 g/mol. The molecule has 25 heavy (non-hydrogen) atoms. The molecule has 1 aliphatic rings. The summed E-state index contributed by atoms with van der Waals surface area (Å²) < 4.78 is 3.41. The Kier molecular flexibility index (Phi) is 4.57. The van der Waals surface area contributed by atoms with Crippen LogP contribution in [-0.4, -0.2) is 32.9 Å². The number of nitrogens with zero attached hydrogens (tertiary/aromatic N) is 3. The molecular formula is C20H23N3OS. The van der Waals surface area contributed by atoms with Crippen LogP contribution in [0.1, 0.15) is 41.9 Å². The van der Waals surface area contributed by atoms with Crippen molar-refractivity contribution in [2.24, 2.45) is 0 Å². The van der Waals surface area contributed by atoms with Crippen LogP contribution in [0, 0.1) is 6.92 Å². The Morgan fingerprint density at radius 1 is 1.32 bits per heavy atom. The highest BCUT2D eigenvalue weighted by molar-refractivity contribution is 7.17. The van der Waals surface area contributed by atoms with E-state index in [-0.39, 0.29) is 5.91 Å². The van der Waals surface area contributed by atoms with Gasteiger partial charge in [-0.25, -0.2) is 4.98 Å². The minimum atomic E-state index is 0.181. The number of thiophene rings is 1. The summed E-state index contributed by atoms with van der Waals surface area (Å²) in [5, 5.41) is 3.24. The minimum Gasteiger partial charge on any atom is -0.336 e. The third-order valence-electron chi connectivity index (χ3n) is 5.21. The van der Waals surface area contributed by atoms with Gasteiger partial charge in [0.15, 0.2) is 0 Å². The van der Waals surface area contributed by atoms with Crippen molar-refractivity contribution in [2.75, 3.05) is 6.54 Å². The molecule has 0 saturated carbocycles. The number of aromatic nitrogens is 2. The van der Waals surface area contributed by atoms with E-state index in [9.17, 15) is 4.79 Å². The molecule has 0 bridgehead atoms. The first-order chi connectivity index (χ1) is 12.2. The molecule has 130 valence electrons. The quantitative estimate of drug-likeness (QED) is 0.693. The Morgan fingerprint density at radius 2 is 2.24 bits per heavy atom.